The Hall–Kier alpha value is -3.57. The number of aromatic nitrogens is 1. The van der Waals surface area contributed by atoms with Gasteiger partial charge in [-0.1, -0.05) is 46.9 Å². The molecule has 2 aliphatic rings. The molecule has 0 saturated carbocycles. The maximum Gasteiger partial charge on any atom is 0.308 e. The fourth-order valence-electron chi connectivity index (χ4n) is 4.56. The van der Waals surface area contributed by atoms with E-state index in [0.717, 1.165) is 28.7 Å². The van der Waals surface area contributed by atoms with Crippen LogP contribution in [0.2, 0.25) is 0 Å². The van der Waals surface area contributed by atoms with E-state index in [-0.39, 0.29) is 23.2 Å². The highest BCUT2D eigenvalue weighted by atomic mass is 32.2. The van der Waals surface area contributed by atoms with Crippen LogP contribution in [-0.2, 0) is 20.9 Å². The number of nitrogens with one attached hydrogen (secondary N) is 2. The SMILES string of the molecule is COc1ccc([C@@H]2c3sc(=O)n(CC(=O)Nc4ccc(C)cc4)c3SC3C(=O)NC(=O)C32)cc1OC. The summed E-state index contributed by atoms with van der Waals surface area (Å²) in [6.45, 7) is 1.74. The van der Waals surface area contributed by atoms with Crippen LogP contribution in [0.3, 0.4) is 0 Å². The van der Waals surface area contributed by atoms with E-state index in [1.807, 2.05) is 19.1 Å². The van der Waals surface area contributed by atoms with Crippen molar-refractivity contribution in [3.05, 3.63) is 68.1 Å². The first-order chi connectivity index (χ1) is 17.3. The number of hydrogen-bond donors (Lipinski definition) is 2. The standard InChI is InChI=1S/C25H23N3O6S2/c1-12-4-7-14(8-5-12)26-17(29)11-28-24-21(36-25(28)32)18(19-20(35-24)23(31)27-22(19)30)13-6-9-15(33-2)16(10-13)34-3/h4-10,18-20H,11H2,1-3H3,(H,26,29)(H,27,30,31)/t18-,19?,20?/m0/s1. The van der Waals surface area contributed by atoms with E-state index in [4.69, 9.17) is 9.47 Å². The minimum Gasteiger partial charge on any atom is -0.493 e. The van der Waals surface area contributed by atoms with Crippen LogP contribution >= 0.6 is 23.1 Å². The van der Waals surface area contributed by atoms with Gasteiger partial charge < -0.3 is 14.8 Å². The van der Waals surface area contributed by atoms with Gasteiger partial charge in [-0.05, 0) is 36.8 Å². The number of ether oxygens (including phenoxy) is 2. The van der Waals surface area contributed by atoms with E-state index in [1.165, 1.54) is 18.8 Å². The molecular formula is C25H23N3O6S2. The van der Waals surface area contributed by atoms with Gasteiger partial charge in [0.25, 0.3) is 0 Å². The topological polar surface area (TPSA) is 116 Å². The molecule has 0 radical (unpaired) electrons. The number of methoxy groups -OCH3 is 2. The highest BCUT2D eigenvalue weighted by Crippen LogP contribution is 2.52. The fraction of sp³-hybridized carbons (Fsp3) is 0.280. The molecule has 1 fully saturated rings. The minimum atomic E-state index is -0.719. The molecule has 3 atom stereocenters. The number of imide groups is 1. The lowest BCUT2D eigenvalue weighted by atomic mass is 9.83. The lowest BCUT2D eigenvalue weighted by Gasteiger charge is -2.31. The molecule has 36 heavy (non-hydrogen) atoms. The summed E-state index contributed by atoms with van der Waals surface area (Å²) in [6, 6.07) is 12.6. The Morgan fingerprint density at radius 2 is 1.75 bits per heavy atom. The van der Waals surface area contributed by atoms with Gasteiger partial charge in [-0.25, -0.2) is 0 Å². The highest BCUT2D eigenvalue weighted by molar-refractivity contribution is 8.00. The summed E-state index contributed by atoms with van der Waals surface area (Å²) in [5, 5.41) is 5.04. The molecule has 2 unspecified atom stereocenters. The molecule has 0 spiro atoms. The third-order valence-corrected chi connectivity index (χ3v) is 8.91. The van der Waals surface area contributed by atoms with Crippen LogP contribution in [0.15, 0.2) is 52.3 Å². The van der Waals surface area contributed by atoms with Crippen LogP contribution in [0.4, 0.5) is 5.69 Å². The second-order valence-electron chi connectivity index (χ2n) is 8.55. The summed E-state index contributed by atoms with van der Waals surface area (Å²) in [6.07, 6.45) is 0. The fourth-order valence-corrected chi connectivity index (χ4v) is 7.30. The molecule has 2 aliphatic heterocycles. The molecule has 2 aromatic carbocycles. The molecule has 0 aliphatic carbocycles. The van der Waals surface area contributed by atoms with Gasteiger partial charge in [-0.3, -0.25) is 29.1 Å². The van der Waals surface area contributed by atoms with Crippen molar-refractivity contribution < 1.29 is 23.9 Å². The Morgan fingerprint density at radius 1 is 1.03 bits per heavy atom. The second-order valence-corrected chi connectivity index (χ2v) is 10.7. The van der Waals surface area contributed by atoms with Gasteiger partial charge in [0.2, 0.25) is 17.7 Å². The van der Waals surface area contributed by atoms with Crippen LogP contribution < -0.4 is 25.0 Å². The molecule has 5 rings (SSSR count). The Bertz CT molecular complexity index is 1430. The number of carbonyl (C=O) groups excluding carboxylic acids is 3. The van der Waals surface area contributed by atoms with Crippen molar-refractivity contribution in [3.63, 3.8) is 0 Å². The lowest BCUT2D eigenvalue weighted by Crippen LogP contribution is -2.32. The number of nitrogens with zero attached hydrogens (tertiary/aromatic N) is 1. The van der Waals surface area contributed by atoms with Gasteiger partial charge in [-0.2, -0.15) is 0 Å². The molecule has 2 N–H and O–H groups in total. The highest BCUT2D eigenvalue weighted by Gasteiger charge is 2.53. The van der Waals surface area contributed by atoms with Crippen LogP contribution in [0.25, 0.3) is 0 Å². The van der Waals surface area contributed by atoms with Gasteiger partial charge >= 0.3 is 4.87 Å². The van der Waals surface area contributed by atoms with Crippen LogP contribution in [0.5, 0.6) is 11.5 Å². The van der Waals surface area contributed by atoms with Crippen LogP contribution in [-0.4, -0.2) is 41.8 Å². The van der Waals surface area contributed by atoms with E-state index in [9.17, 15) is 19.2 Å². The van der Waals surface area contributed by atoms with Crippen molar-refractivity contribution >= 4 is 46.5 Å². The van der Waals surface area contributed by atoms with Crippen molar-refractivity contribution in [3.8, 4) is 11.5 Å². The van der Waals surface area contributed by atoms with Crippen molar-refractivity contribution in [1.29, 1.82) is 0 Å². The number of rotatable bonds is 6. The van der Waals surface area contributed by atoms with E-state index in [2.05, 4.69) is 10.6 Å². The zero-order chi connectivity index (χ0) is 25.6. The number of thioether (sulfide) groups is 1. The Kier molecular flexibility index (Phi) is 6.35. The molecule has 3 aromatic rings. The number of carbonyl (C=O) groups is 3. The summed E-state index contributed by atoms with van der Waals surface area (Å²) < 4.78 is 12.2. The zero-order valence-electron chi connectivity index (χ0n) is 19.7. The molecule has 0 bridgehead atoms. The average Bonchev–Trinajstić information content (AvgIpc) is 3.33. The maximum absolute atomic E-state index is 13.1. The van der Waals surface area contributed by atoms with E-state index in [0.29, 0.717) is 32.7 Å². The van der Waals surface area contributed by atoms with Crippen molar-refractivity contribution in [2.24, 2.45) is 5.92 Å². The maximum atomic E-state index is 13.1. The van der Waals surface area contributed by atoms with Gasteiger partial charge in [0.15, 0.2) is 11.5 Å². The number of thiazole rings is 1. The number of hydrogen-bond acceptors (Lipinski definition) is 8. The third-order valence-electron chi connectivity index (χ3n) is 6.29. The first-order valence-electron chi connectivity index (χ1n) is 11.1. The smallest absolute Gasteiger partial charge is 0.308 e. The zero-order valence-corrected chi connectivity index (χ0v) is 21.3. The lowest BCUT2D eigenvalue weighted by molar-refractivity contribution is -0.126. The predicted molar refractivity (Wildman–Crippen MR) is 136 cm³/mol. The van der Waals surface area contributed by atoms with Crippen molar-refractivity contribution in [1.82, 2.24) is 9.88 Å². The molecule has 9 nitrogen and oxygen atoms in total. The third kappa shape index (κ3) is 4.18. The quantitative estimate of drug-likeness (QED) is 0.476. The monoisotopic (exact) mass is 525 g/mol. The Morgan fingerprint density at radius 3 is 2.44 bits per heavy atom. The summed E-state index contributed by atoms with van der Waals surface area (Å²) >= 11 is 2.15. The van der Waals surface area contributed by atoms with E-state index >= 15 is 0 Å². The Balaban J connectivity index is 1.55. The largest absolute Gasteiger partial charge is 0.493 e. The number of aryl methyl sites for hydroxylation is 1. The molecule has 1 saturated heterocycles. The summed E-state index contributed by atoms with van der Waals surface area (Å²) in [4.78, 5) is 51.7. The van der Waals surface area contributed by atoms with Crippen LogP contribution in [0, 0.1) is 12.8 Å². The van der Waals surface area contributed by atoms with Crippen molar-refractivity contribution in [2.45, 2.75) is 29.7 Å². The second kappa shape index (κ2) is 9.47. The van der Waals surface area contributed by atoms with E-state index < -0.39 is 23.0 Å². The first kappa shape index (κ1) is 24.1. The molecule has 3 amide bonds. The molecule has 3 heterocycles. The predicted octanol–water partition coefficient (Wildman–Crippen LogP) is 2.75. The molecule has 11 heteroatoms. The van der Waals surface area contributed by atoms with Gasteiger partial charge in [0.1, 0.15) is 11.8 Å². The Labute approximate surface area is 214 Å². The first-order valence-corrected chi connectivity index (χ1v) is 12.8. The van der Waals surface area contributed by atoms with E-state index in [1.54, 1.807) is 30.3 Å². The number of fused-ring (bicyclic) bond motifs is 2. The number of amides is 3. The minimum absolute atomic E-state index is 0.211. The van der Waals surface area contributed by atoms with Gasteiger partial charge in [0.05, 0.1) is 25.2 Å². The normalized spacial score (nSPS) is 20.4. The van der Waals surface area contributed by atoms with Crippen molar-refractivity contribution in [2.75, 3.05) is 19.5 Å². The van der Waals surface area contributed by atoms with Crippen LogP contribution in [0.1, 0.15) is 21.9 Å². The molecule has 186 valence electrons. The average molecular weight is 526 g/mol. The summed E-state index contributed by atoms with van der Waals surface area (Å²) in [5.74, 6) is -1.40. The van der Waals surface area contributed by atoms with Gasteiger partial charge in [0, 0.05) is 16.5 Å². The summed E-state index contributed by atoms with van der Waals surface area (Å²) in [5.41, 5.74) is 2.40. The molecular weight excluding hydrogens is 502 g/mol. The number of benzene rings is 2. The van der Waals surface area contributed by atoms with Gasteiger partial charge in [-0.15, -0.1) is 0 Å². The summed E-state index contributed by atoms with van der Waals surface area (Å²) in [7, 11) is 3.04. The molecule has 1 aromatic heterocycles. The number of anilines is 1.